The van der Waals surface area contributed by atoms with Gasteiger partial charge in [-0.3, -0.25) is 4.79 Å². The first-order valence-corrected chi connectivity index (χ1v) is 10.4. The van der Waals surface area contributed by atoms with Crippen LogP contribution in [0.1, 0.15) is 21.7 Å². The van der Waals surface area contributed by atoms with E-state index >= 15 is 0 Å². The third-order valence-electron chi connectivity index (χ3n) is 4.51. The topological polar surface area (TPSA) is 70.6 Å². The van der Waals surface area contributed by atoms with Gasteiger partial charge in [0.1, 0.15) is 5.69 Å². The van der Waals surface area contributed by atoms with Crippen LogP contribution in [0.3, 0.4) is 0 Å². The number of rotatable bonds is 3. The molecule has 1 saturated heterocycles. The molecule has 0 N–H and O–H groups in total. The van der Waals surface area contributed by atoms with Crippen molar-refractivity contribution in [3.8, 4) is 0 Å². The summed E-state index contributed by atoms with van der Waals surface area (Å²) >= 11 is 5.56. The van der Waals surface area contributed by atoms with Crippen molar-refractivity contribution < 1.29 is 26.4 Å². The molecule has 1 aliphatic heterocycles. The standard InChI is InChI=1S/C18H17ClF3N3O3S/c1-12-3-2-4-16(23-12)17(26)24-7-9-25(10-8-24)29(27,28)13-5-6-15(19)14(11-13)18(20,21)22/h2-6,11H,7-10H2,1H3. The zero-order valence-corrected chi connectivity index (χ0v) is 16.9. The highest BCUT2D eigenvalue weighted by atomic mass is 35.5. The van der Waals surface area contributed by atoms with E-state index < -0.39 is 31.7 Å². The number of piperazine rings is 1. The minimum atomic E-state index is -4.77. The predicted octanol–water partition coefficient (Wildman–Crippen LogP) is 3.21. The number of hydrogen-bond acceptors (Lipinski definition) is 4. The summed E-state index contributed by atoms with van der Waals surface area (Å²) in [5.41, 5.74) is -0.270. The molecular weight excluding hydrogens is 431 g/mol. The van der Waals surface area contributed by atoms with Gasteiger partial charge < -0.3 is 4.90 Å². The van der Waals surface area contributed by atoms with Crippen LogP contribution in [0.2, 0.25) is 5.02 Å². The van der Waals surface area contributed by atoms with E-state index in [-0.39, 0.29) is 37.8 Å². The fourth-order valence-electron chi connectivity index (χ4n) is 2.99. The van der Waals surface area contributed by atoms with Gasteiger partial charge in [0.05, 0.1) is 15.5 Å². The van der Waals surface area contributed by atoms with Gasteiger partial charge in [0.15, 0.2) is 0 Å². The molecule has 29 heavy (non-hydrogen) atoms. The lowest BCUT2D eigenvalue weighted by Gasteiger charge is -2.34. The zero-order valence-electron chi connectivity index (χ0n) is 15.3. The number of hydrogen-bond donors (Lipinski definition) is 0. The van der Waals surface area contributed by atoms with Crippen LogP contribution in [0.15, 0.2) is 41.3 Å². The van der Waals surface area contributed by atoms with E-state index in [0.29, 0.717) is 11.8 Å². The van der Waals surface area contributed by atoms with Gasteiger partial charge in [0.25, 0.3) is 5.91 Å². The first kappa shape index (κ1) is 21.5. The van der Waals surface area contributed by atoms with Crippen LogP contribution >= 0.6 is 11.6 Å². The van der Waals surface area contributed by atoms with Gasteiger partial charge in [-0.15, -0.1) is 0 Å². The Balaban J connectivity index is 1.76. The summed E-state index contributed by atoms with van der Waals surface area (Å²) in [6.45, 7) is 1.89. The van der Waals surface area contributed by atoms with E-state index in [2.05, 4.69) is 4.98 Å². The molecule has 0 saturated carbocycles. The first-order chi connectivity index (χ1) is 13.5. The van der Waals surface area contributed by atoms with Crippen LogP contribution in [0.5, 0.6) is 0 Å². The lowest BCUT2D eigenvalue weighted by atomic mass is 10.2. The van der Waals surface area contributed by atoms with Crippen molar-refractivity contribution in [2.45, 2.75) is 18.0 Å². The Morgan fingerprint density at radius 2 is 1.76 bits per heavy atom. The Morgan fingerprint density at radius 1 is 1.10 bits per heavy atom. The van der Waals surface area contributed by atoms with Crippen molar-refractivity contribution in [1.82, 2.24) is 14.2 Å². The number of nitrogens with zero attached hydrogens (tertiary/aromatic N) is 3. The first-order valence-electron chi connectivity index (χ1n) is 8.60. The molecule has 156 valence electrons. The SMILES string of the molecule is Cc1cccc(C(=O)N2CCN(S(=O)(=O)c3ccc(Cl)c(C(F)(F)F)c3)CC2)n1. The maximum atomic E-state index is 13.0. The number of pyridine rings is 1. The van der Waals surface area contributed by atoms with E-state index in [9.17, 15) is 26.4 Å². The number of benzene rings is 1. The Labute approximate surface area is 170 Å². The van der Waals surface area contributed by atoms with E-state index in [1.165, 1.54) is 4.90 Å². The molecule has 2 aromatic rings. The molecule has 1 aromatic carbocycles. The lowest BCUT2D eigenvalue weighted by molar-refractivity contribution is -0.137. The molecule has 0 atom stereocenters. The molecule has 0 spiro atoms. The quantitative estimate of drug-likeness (QED) is 0.724. The smallest absolute Gasteiger partial charge is 0.335 e. The second-order valence-corrected chi connectivity index (χ2v) is 8.85. The third-order valence-corrected chi connectivity index (χ3v) is 6.74. The Hall–Kier alpha value is -2.17. The minimum absolute atomic E-state index is 0.0378. The number of alkyl halides is 3. The van der Waals surface area contributed by atoms with Crippen LogP contribution in [0.25, 0.3) is 0 Å². The molecule has 0 aliphatic carbocycles. The summed E-state index contributed by atoms with van der Waals surface area (Å²) in [4.78, 5) is 17.7. The van der Waals surface area contributed by atoms with Crippen LogP contribution < -0.4 is 0 Å². The van der Waals surface area contributed by atoms with Crippen LogP contribution in [-0.4, -0.2) is 54.7 Å². The van der Waals surface area contributed by atoms with Gasteiger partial charge in [-0.1, -0.05) is 17.7 Å². The van der Waals surface area contributed by atoms with Gasteiger partial charge in [0.2, 0.25) is 10.0 Å². The van der Waals surface area contributed by atoms with Crippen LogP contribution in [-0.2, 0) is 16.2 Å². The summed E-state index contributed by atoms with van der Waals surface area (Å²) < 4.78 is 65.7. The zero-order chi connectivity index (χ0) is 21.4. The molecule has 11 heteroatoms. The summed E-state index contributed by atoms with van der Waals surface area (Å²) in [5, 5.41) is -0.572. The highest BCUT2D eigenvalue weighted by molar-refractivity contribution is 7.89. The summed E-state index contributed by atoms with van der Waals surface area (Å²) in [6.07, 6.45) is -4.77. The molecule has 1 fully saturated rings. The Bertz CT molecular complexity index is 1040. The van der Waals surface area contributed by atoms with Crippen molar-refractivity contribution >= 4 is 27.5 Å². The van der Waals surface area contributed by atoms with Gasteiger partial charge in [-0.2, -0.15) is 17.5 Å². The largest absolute Gasteiger partial charge is 0.417 e. The number of halogens is 4. The fourth-order valence-corrected chi connectivity index (χ4v) is 4.66. The van der Waals surface area contributed by atoms with Gasteiger partial charge in [-0.05, 0) is 37.3 Å². The number of aryl methyl sites for hydroxylation is 1. The fraction of sp³-hybridized carbons (Fsp3) is 0.333. The van der Waals surface area contributed by atoms with Crippen molar-refractivity contribution in [2.75, 3.05) is 26.2 Å². The molecule has 3 rings (SSSR count). The summed E-state index contributed by atoms with van der Waals surface area (Å²) in [5.74, 6) is -0.323. The molecule has 1 aliphatic rings. The Morgan fingerprint density at radius 3 is 2.34 bits per heavy atom. The molecule has 2 heterocycles. The molecule has 1 aromatic heterocycles. The minimum Gasteiger partial charge on any atom is -0.335 e. The number of aromatic nitrogens is 1. The normalized spacial score (nSPS) is 16.1. The van der Waals surface area contributed by atoms with E-state index in [4.69, 9.17) is 11.6 Å². The van der Waals surface area contributed by atoms with Crippen LogP contribution in [0.4, 0.5) is 13.2 Å². The van der Waals surface area contributed by atoms with Gasteiger partial charge in [0, 0.05) is 31.9 Å². The average Bonchev–Trinajstić information content (AvgIpc) is 2.67. The second-order valence-electron chi connectivity index (χ2n) is 6.50. The van der Waals surface area contributed by atoms with Gasteiger partial charge in [-0.25, -0.2) is 13.4 Å². The van der Waals surface area contributed by atoms with Crippen molar-refractivity contribution in [1.29, 1.82) is 0 Å². The predicted molar refractivity (Wildman–Crippen MR) is 100 cm³/mol. The van der Waals surface area contributed by atoms with E-state index in [1.807, 2.05) is 0 Å². The Kier molecular flexibility index (Phi) is 5.88. The molecule has 0 radical (unpaired) electrons. The van der Waals surface area contributed by atoms with Crippen LogP contribution in [0, 0.1) is 6.92 Å². The van der Waals surface area contributed by atoms with E-state index in [1.54, 1.807) is 25.1 Å². The summed E-state index contributed by atoms with van der Waals surface area (Å²) in [7, 11) is -4.16. The number of amides is 1. The maximum Gasteiger partial charge on any atom is 0.417 e. The second kappa shape index (κ2) is 7.92. The lowest BCUT2D eigenvalue weighted by Crippen LogP contribution is -2.50. The van der Waals surface area contributed by atoms with Crippen molar-refractivity contribution in [2.24, 2.45) is 0 Å². The molecule has 6 nitrogen and oxygen atoms in total. The highest BCUT2D eigenvalue weighted by Gasteiger charge is 2.36. The van der Waals surface area contributed by atoms with Gasteiger partial charge >= 0.3 is 6.18 Å². The van der Waals surface area contributed by atoms with Crippen molar-refractivity contribution in [3.05, 3.63) is 58.4 Å². The molecular formula is C18H17ClF3N3O3S. The maximum absolute atomic E-state index is 13.0. The van der Waals surface area contributed by atoms with E-state index in [0.717, 1.165) is 16.4 Å². The number of carbonyl (C=O) groups excluding carboxylic acids is 1. The average molecular weight is 448 g/mol. The van der Waals surface area contributed by atoms with Crippen molar-refractivity contribution in [3.63, 3.8) is 0 Å². The molecule has 0 unspecified atom stereocenters. The monoisotopic (exact) mass is 447 g/mol. The highest BCUT2D eigenvalue weighted by Crippen LogP contribution is 2.36. The number of carbonyl (C=O) groups is 1. The molecule has 1 amide bonds. The molecule has 0 bridgehead atoms. The number of sulfonamides is 1. The third kappa shape index (κ3) is 4.54. The summed E-state index contributed by atoms with van der Waals surface area (Å²) in [6, 6.07) is 7.52.